The number of carbonyl (C=O) groups excluding carboxylic acids is 2. The quantitative estimate of drug-likeness (QED) is 0.470. The van der Waals surface area contributed by atoms with Crippen LogP contribution in [0.5, 0.6) is 0 Å². The molecule has 1 aliphatic carbocycles. The maximum absolute atomic E-state index is 11.7. The van der Waals surface area contributed by atoms with Crippen LogP contribution in [-0.2, 0) is 16.0 Å². The number of nitrogens with one attached hydrogen (secondary N) is 1. The van der Waals surface area contributed by atoms with Crippen molar-refractivity contribution in [2.75, 3.05) is 39.6 Å². The van der Waals surface area contributed by atoms with Gasteiger partial charge in [-0.1, -0.05) is 20.3 Å². The molecular formula is C25H42N2O3. The number of benzene rings is 1. The largest absolute Gasteiger partial charge is 0.469 e. The van der Waals surface area contributed by atoms with Crippen LogP contribution in [0.4, 0.5) is 5.69 Å². The molecule has 1 aromatic carbocycles. The highest BCUT2D eigenvalue weighted by atomic mass is 16.5. The minimum absolute atomic E-state index is 0.00967. The summed E-state index contributed by atoms with van der Waals surface area (Å²) >= 11 is 0. The number of rotatable bonds is 8. The van der Waals surface area contributed by atoms with Crippen LogP contribution in [0.25, 0.3) is 0 Å². The number of hydrogen-bond donors (Lipinski definition) is 1. The Morgan fingerprint density at radius 2 is 1.77 bits per heavy atom. The molecule has 5 heteroatoms. The number of aryl methyl sites for hydroxylation is 1. The standard InChI is InChI=1S/C15H24N2O.C10H18O2/c1-6-14-11(2)9-13(10-15(14)12(3)18)16-7-8-17(4)5;1-3-8-4-6-9(7-5-8)10(11)12-2/h9-10,16H,6-8H2,1-5H3;8-9H,3-7H2,1-2H3. The molecule has 0 radical (unpaired) electrons. The first-order chi connectivity index (χ1) is 14.2. The van der Waals surface area contributed by atoms with Crippen molar-refractivity contribution in [1.82, 2.24) is 4.90 Å². The molecular weight excluding hydrogens is 376 g/mol. The molecule has 1 aliphatic rings. The minimum atomic E-state index is -0.00967. The van der Waals surface area contributed by atoms with Gasteiger partial charge in [-0.3, -0.25) is 9.59 Å². The van der Waals surface area contributed by atoms with Crippen molar-refractivity contribution in [3.63, 3.8) is 0 Å². The fourth-order valence-corrected chi connectivity index (χ4v) is 4.10. The SMILES string of the molecule is CCC1CCC(C(=O)OC)CC1.CCc1c(C)cc(NCCN(C)C)cc1C(C)=O. The number of Topliss-reactive ketones (excluding diaryl/α,β-unsaturated/α-hetero) is 1. The summed E-state index contributed by atoms with van der Waals surface area (Å²) in [5.41, 5.74) is 4.25. The summed E-state index contributed by atoms with van der Waals surface area (Å²) in [6, 6.07) is 4.10. The first-order valence-electron chi connectivity index (χ1n) is 11.3. The minimum Gasteiger partial charge on any atom is -0.469 e. The fraction of sp³-hybridized carbons (Fsp3) is 0.680. The first-order valence-corrected chi connectivity index (χ1v) is 11.3. The third kappa shape index (κ3) is 8.47. The van der Waals surface area contributed by atoms with Gasteiger partial charge in [0, 0.05) is 24.3 Å². The molecule has 0 unspecified atom stereocenters. The molecule has 1 saturated carbocycles. The zero-order valence-corrected chi connectivity index (χ0v) is 20.1. The molecule has 0 amide bonds. The van der Waals surface area contributed by atoms with E-state index in [9.17, 15) is 9.59 Å². The van der Waals surface area contributed by atoms with Gasteiger partial charge in [-0.05, 0) is 89.2 Å². The summed E-state index contributed by atoms with van der Waals surface area (Å²) in [5, 5.41) is 3.37. The number of ketones is 1. The van der Waals surface area contributed by atoms with Gasteiger partial charge in [-0.2, -0.15) is 0 Å². The highest BCUT2D eigenvalue weighted by Crippen LogP contribution is 2.31. The van der Waals surface area contributed by atoms with Crippen LogP contribution in [0.3, 0.4) is 0 Å². The van der Waals surface area contributed by atoms with Crippen molar-refractivity contribution in [1.29, 1.82) is 0 Å². The van der Waals surface area contributed by atoms with Gasteiger partial charge in [0.15, 0.2) is 5.78 Å². The number of likely N-dealkylation sites (N-methyl/N-ethyl adjacent to an activating group) is 1. The average molecular weight is 419 g/mol. The maximum Gasteiger partial charge on any atom is 0.308 e. The van der Waals surface area contributed by atoms with Gasteiger partial charge < -0.3 is 15.0 Å². The van der Waals surface area contributed by atoms with E-state index >= 15 is 0 Å². The molecule has 0 bridgehead atoms. The number of hydrogen-bond acceptors (Lipinski definition) is 5. The number of ether oxygens (including phenoxy) is 1. The monoisotopic (exact) mass is 418 g/mol. The second-order valence-electron chi connectivity index (χ2n) is 8.61. The van der Waals surface area contributed by atoms with Crippen LogP contribution < -0.4 is 5.32 Å². The Labute approximate surface area is 183 Å². The van der Waals surface area contributed by atoms with Crippen molar-refractivity contribution in [2.45, 2.75) is 66.2 Å². The molecule has 5 nitrogen and oxygen atoms in total. The van der Waals surface area contributed by atoms with Crippen molar-refractivity contribution >= 4 is 17.4 Å². The number of anilines is 1. The van der Waals surface area contributed by atoms with Crippen LogP contribution in [0.2, 0.25) is 0 Å². The maximum atomic E-state index is 11.7. The summed E-state index contributed by atoms with van der Waals surface area (Å²) < 4.78 is 4.72. The number of carbonyl (C=O) groups is 2. The van der Waals surface area contributed by atoms with E-state index in [2.05, 4.69) is 37.1 Å². The van der Waals surface area contributed by atoms with Crippen molar-refractivity contribution in [3.8, 4) is 0 Å². The Morgan fingerprint density at radius 3 is 2.23 bits per heavy atom. The molecule has 0 spiro atoms. The van der Waals surface area contributed by atoms with Gasteiger partial charge >= 0.3 is 5.97 Å². The third-order valence-corrected chi connectivity index (χ3v) is 6.05. The fourth-order valence-electron chi connectivity index (χ4n) is 4.10. The second-order valence-corrected chi connectivity index (χ2v) is 8.61. The lowest BCUT2D eigenvalue weighted by atomic mass is 9.81. The normalized spacial score (nSPS) is 18.4. The predicted molar refractivity (Wildman–Crippen MR) is 125 cm³/mol. The summed E-state index contributed by atoms with van der Waals surface area (Å²) in [4.78, 5) is 24.9. The van der Waals surface area contributed by atoms with E-state index in [0.29, 0.717) is 0 Å². The molecule has 0 aliphatic heterocycles. The summed E-state index contributed by atoms with van der Waals surface area (Å²) in [7, 11) is 5.58. The van der Waals surface area contributed by atoms with Crippen LogP contribution in [-0.4, -0.2) is 50.9 Å². The number of esters is 1. The Morgan fingerprint density at radius 1 is 1.13 bits per heavy atom. The molecule has 170 valence electrons. The van der Waals surface area contributed by atoms with E-state index in [-0.39, 0.29) is 17.7 Å². The smallest absolute Gasteiger partial charge is 0.308 e. The zero-order chi connectivity index (χ0) is 22.7. The molecule has 1 fully saturated rings. The van der Waals surface area contributed by atoms with Gasteiger partial charge in [0.25, 0.3) is 0 Å². The Kier molecular flexibility index (Phi) is 11.7. The van der Waals surface area contributed by atoms with Gasteiger partial charge in [-0.25, -0.2) is 0 Å². The van der Waals surface area contributed by atoms with Crippen LogP contribution in [0.15, 0.2) is 12.1 Å². The highest BCUT2D eigenvalue weighted by Gasteiger charge is 2.25. The summed E-state index contributed by atoms with van der Waals surface area (Å²) in [6.45, 7) is 9.89. The third-order valence-electron chi connectivity index (χ3n) is 6.05. The summed E-state index contributed by atoms with van der Waals surface area (Å²) in [6.07, 6.45) is 6.63. The molecule has 1 N–H and O–H groups in total. The Hall–Kier alpha value is -1.88. The van der Waals surface area contributed by atoms with Crippen molar-refractivity contribution in [2.24, 2.45) is 11.8 Å². The van der Waals surface area contributed by atoms with E-state index in [4.69, 9.17) is 4.74 Å². The van der Waals surface area contributed by atoms with Gasteiger partial charge in [0.2, 0.25) is 0 Å². The van der Waals surface area contributed by atoms with Crippen LogP contribution in [0.1, 0.15) is 74.4 Å². The van der Waals surface area contributed by atoms with E-state index in [1.54, 1.807) is 6.92 Å². The lowest BCUT2D eigenvalue weighted by Crippen LogP contribution is -2.22. The predicted octanol–water partition coefficient (Wildman–Crippen LogP) is 5.11. The topological polar surface area (TPSA) is 58.6 Å². The number of nitrogens with zero attached hydrogens (tertiary/aromatic N) is 1. The summed E-state index contributed by atoms with van der Waals surface area (Å²) in [5.74, 6) is 1.18. The molecule has 0 aromatic heterocycles. The molecule has 1 aromatic rings. The number of methoxy groups -OCH3 is 1. The van der Waals surface area contributed by atoms with Crippen molar-refractivity contribution < 1.29 is 14.3 Å². The van der Waals surface area contributed by atoms with Gasteiger partial charge in [0.1, 0.15) is 0 Å². The van der Waals surface area contributed by atoms with Crippen LogP contribution >= 0.6 is 0 Å². The van der Waals surface area contributed by atoms with E-state index < -0.39 is 0 Å². The Balaban J connectivity index is 0.000000325. The Bertz CT molecular complexity index is 677. The molecule has 0 saturated heterocycles. The average Bonchev–Trinajstić information content (AvgIpc) is 2.73. The second kappa shape index (κ2) is 13.4. The van der Waals surface area contributed by atoms with Crippen LogP contribution in [0, 0.1) is 18.8 Å². The lowest BCUT2D eigenvalue weighted by Gasteiger charge is -2.25. The molecule has 0 heterocycles. The highest BCUT2D eigenvalue weighted by molar-refractivity contribution is 5.97. The van der Waals surface area contributed by atoms with E-state index in [0.717, 1.165) is 49.5 Å². The van der Waals surface area contributed by atoms with Gasteiger partial charge in [-0.15, -0.1) is 0 Å². The molecule has 0 atom stereocenters. The van der Waals surface area contributed by atoms with E-state index in [1.807, 2.05) is 20.2 Å². The van der Waals surface area contributed by atoms with Gasteiger partial charge in [0.05, 0.1) is 13.0 Å². The van der Waals surface area contributed by atoms with E-state index in [1.165, 1.54) is 37.5 Å². The molecule has 2 rings (SSSR count). The lowest BCUT2D eigenvalue weighted by molar-refractivity contribution is -0.146. The first kappa shape index (κ1) is 26.2. The zero-order valence-electron chi connectivity index (χ0n) is 20.1. The van der Waals surface area contributed by atoms with Crippen molar-refractivity contribution in [3.05, 3.63) is 28.8 Å². The molecule has 30 heavy (non-hydrogen) atoms.